The molecule has 1 aliphatic rings. The van der Waals surface area contributed by atoms with Crippen molar-refractivity contribution in [3.63, 3.8) is 0 Å². The molecule has 17 heavy (non-hydrogen) atoms. The fourth-order valence-electron chi connectivity index (χ4n) is 1.99. The van der Waals surface area contributed by atoms with Crippen molar-refractivity contribution in [3.05, 3.63) is 34.9 Å². The number of aliphatic hydroxyl groups is 1. The highest BCUT2D eigenvalue weighted by Gasteiger charge is 2.20. The minimum absolute atomic E-state index is 0.293. The van der Waals surface area contributed by atoms with Crippen LogP contribution < -0.4 is 0 Å². The van der Waals surface area contributed by atoms with E-state index < -0.39 is 0 Å². The molecule has 0 saturated carbocycles. The number of benzene rings is 1. The monoisotopic (exact) mass is 249 g/mol. The Morgan fingerprint density at radius 3 is 2.76 bits per heavy atom. The summed E-state index contributed by atoms with van der Waals surface area (Å²) in [5.74, 6) is 6.72. The Morgan fingerprint density at radius 1 is 1.35 bits per heavy atom. The van der Waals surface area contributed by atoms with E-state index in [4.69, 9.17) is 16.7 Å². The zero-order chi connectivity index (χ0) is 12.1. The molecule has 0 bridgehead atoms. The normalized spacial score (nSPS) is 20.0. The average molecular weight is 250 g/mol. The number of nitrogens with zero attached hydrogens (tertiary/aromatic N) is 1. The highest BCUT2D eigenvalue weighted by Crippen LogP contribution is 2.14. The number of hydrogen-bond donors (Lipinski definition) is 1. The van der Waals surface area contributed by atoms with Gasteiger partial charge in [-0.2, -0.15) is 0 Å². The lowest BCUT2D eigenvalue weighted by Gasteiger charge is -2.10. The molecule has 0 spiro atoms. The van der Waals surface area contributed by atoms with Crippen LogP contribution in [0, 0.1) is 17.8 Å². The van der Waals surface area contributed by atoms with Crippen molar-refractivity contribution >= 4 is 11.6 Å². The summed E-state index contributed by atoms with van der Waals surface area (Å²) >= 11 is 5.80. The van der Waals surface area contributed by atoms with E-state index in [-0.39, 0.29) is 0 Å². The van der Waals surface area contributed by atoms with Crippen molar-refractivity contribution in [3.8, 4) is 11.8 Å². The van der Waals surface area contributed by atoms with Gasteiger partial charge in [0.2, 0.25) is 0 Å². The summed E-state index contributed by atoms with van der Waals surface area (Å²) in [5.41, 5.74) is 0.993. The van der Waals surface area contributed by atoms with Gasteiger partial charge in [0.15, 0.2) is 0 Å². The van der Waals surface area contributed by atoms with Crippen molar-refractivity contribution in [2.45, 2.75) is 6.42 Å². The first-order chi connectivity index (χ1) is 8.28. The number of aliphatic hydroxyl groups excluding tert-OH is 1. The molecule has 1 atom stereocenters. The Hall–Kier alpha value is -1.01. The number of likely N-dealkylation sites (tertiary alicyclic amines) is 1. The molecule has 1 unspecified atom stereocenters. The van der Waals surface area contributed by atoms with Crippen LogP contribution in [0.1, 0.15) is 12.0 Å². The molecule has 0 aliphatic carbocycles. The minimum atomic E-state index is 0.293. The van der Waals surface area contributed by atoms with Gasteiger partial charge >= 0.3 is 0 Å². The quantitative estimate of drug-likeness (QED) is 0.811. The van der Waals surface area contributed by atoms with Crippen LogP contribution in [0.2, 0.25) is 5.02 Å². The van der Waals surface area contributed by atoms with Crippen molar-refractivity contribution < 1.29 is 5.11 Å². The summed E-state index contributed by atoms with van der Waals surface area (Å²) < 4.78 is 0. The second-order valence-electron chi connectivity index (χ2n) is 4.38. The summed E-state index contributed by atoms with van der Waals surface area (Å²) in [6.45, 7) is 3.08. The lowest BCUT2D eigenvalue weighted by atomic mass is 10.1. The lowest BCUT2D eigenvalue weighted by Crippen LogP contribution is -2.21. The van der Waals surface area contributed by atoms with E-state index in [9.17, 15) is 0 Å². The molecule has 1 N–H and O–H groups in total. The van der Waals surface area contributed by atoms with Gasteiger partial charge in [0.1, 0.15) is 0 Å². The van der Waals surface area contributed by atoms with E-state index in [0.717, 1.165) is 36.6 Å². The molecule has 2 nitrogen and oxygen atoms in total. The second kappa shape index (κ2) is 6.07. The fourth-order valence-corrected chi connectivity index (χ4v) is 2.12. The summed E-state index contributed by atoms with van der Waals surface area (Å²) in [6, 6.07) is 7.55. The standard InChI is InChI=1S/C14H16ClNO/c15-14-5-3-12(4-6-14)2-1-8-16-9-7-13(10-16)11-17/h3-6,13,17H,7-11H2. The van der Waals surface area contributed by atoms with Gasteiger partial charge in [0.05, 0.1) is 6.54 Å². The van der Waals surface area contributed by atoms with E-state index >= 15 is 0 Å². The third kappa shape index (κ3) is 3.74. The SMILES string of the molecule is OCC1CCN(CC#Cc2ccc(Cl)cc2)C1. The molecule has 90 valence electrons. The highest BCUT2D eigenvalue weighted by molar-refractivity contribution is 6.30. The van der Waals surface area contributed by atoms with Crippen LogP contribution in [0.15, 0.2) is 24.3 Å². The van der Waals surface area contributed by atoms with Gasteiger partial charge in [0, 0.05) is 23.7 Å². The van der Waals surface area contributed by atoms with Crippen LogP contribution in [0.4, 0.5) is 0 Å². The Kier molecular flexibility index (Phi) is 4.44. The topological polar surface area (TPSA) is 23.5 Å². The molecular formula is C14H16ClNO. The van der Waals surface area contributed by atoms with Crippen LogP contribution in [-0.2, 0) is 0 Å². The zero-order valence-corrected chi connectivity index (χ0v) is 10.5. The number of rotatable bonds is 2. The van der Waals surface area contributed by atoms with E-state index in [2.05, 4.69) is 16.7 Å². The molecule has 0 amide bonds. The van der Waals surface area contributed by atoms with Crippen LogP contribution in [0.25, 0.3) is 0 Å². The Morgan fingerprint density at radius 2 is 2.12 bits per heavy atom. The zero-order valence-electron chi connectivity index (χ0n) is 9.69. The second-order valence-corrected chi connectivity index (χ2v) is 4.82. The van der Waals surface area contributed by atoms with Crippen LogP contribution >= 0.6 is 11.6 Å². The van der Waals surface area contributed by atoms with Gasteiger partial charge in [0.25, 0.3) is 0 Å². The molecule has 3 heteroatoms. The van der Waals surface area contributed by atoms with Gasteiger partial charge in [-0.15, -0.1) is 0 Å². The maximum atomic E-state index is 9.04. The molecular weight excluding hydrogens is 234 g/mol. The van der Waals surface area contributed by atoms with Crippen LogP contribution in [-0.4, -0.2) is 36.2 Å². The van der Waals surface area contributed by atoms with Gasteiger partial charge < -0.3 is 5.11 Å². The molecule has 1 fully saturated rings. The molecule has 1 aromatic carbocycles. The largest absolute Gasteiger partial charge is 0.396 e. The van der Waals surface area contributed by atoms with Crippen molar-refractivity contribution in [1.82, 2.24) is 4.90 Å². The summed E-state index contributed by atoms with van der Waals surface area (Å²) in [7, 11) is 0. The fraction of sp³-hybridized carbons (Fsp3) is 0.429. The molecule has 1 aromatic rings. The molecule has 2 rings (SSSR count). The molecule has 1 aliphatic heterocycles. The van der Waals surface area contributed by atoms with E-state index in [1.54, 1.807) is 0 Å². The van der Waals surface area contributed by atoms with Crippen molar-refractivity contribution in [2.24, 2.45) is 5.92 Å². The lowest BCUT2D eigenvalue weighted by molar-refractivity contribution is 0.225. The van der Waals surface area contributed by atoms with Gasteiger partial charge in [-0.3, -0.25) is 4.90 Å². The van der Waals surface area contributed by atoms with Crippen molar-refractivity contribution in [2.75, 3.05) is 26.2 Å². The summed E-state index contributed by atoms with van der Waals surface area (Å²) in [5, 5.41) is 9.77. The summed E-state index contributed by atoms with van der Waals surface area (Å²) in [6.07, 6.45) is 1.08. The van der Waals surface area contributed by atoms with Gasteiger partial charge in [-0.05, 0) is 43.1 Å². The average Bonchev–Trinajstić information content (AvgIpc) is 2.80. The molecule has 1 saturated heterocycles. The predicted octanol–water partition coefficient (Wildman–Crippen LogP) is 2.01. The first-order valence-electron chi connectivity index (χ1n) is 5.85. The predicted molar refractivity (Wildman–Crippen MR) is 70.0 cm³/mol. The van der Waals surface area contributed by atoms with E-state index in [1.807, 2.05) is 24.3 Å². The Labute approximate surface area is 107 Å². The van der Waals surface area contributed by atoms with Gasteiger partial charge in [-0.1, -0.05) is 23.4 Å². The summed E-state index contributed by atoms with van der Waals surface area (Å²) in [4.78, 5) is 2.28. The van der Waals surface area contributed by atoms with Crippen LogP contribution in [0.3, 0.4) is 0 Å². The number of halogens is 1. The van der Waals surface area contributed by atoms with Crippen molar-refractivity contribution in [1.29, 1.82) is 0 Å². The maximum absolute atomic E-state index is 9.04. The third-order valence-electron chi connectivity index (χ3n) is 3.01. The Bertz CT molecular complexity index is 418. The first-order valence-corrected chi connectivity index (χ1v) is 6.23. The Balaban J connectivity index is 1.84. The van der Waals surface area contributed by atoms with E-state index in [1.165, 1.54) is 0 Å². The molecule has 0 aromatic heterocycles. The maximum Gasteiger partial charge on any atom is 0.0605 e. The minimum Gasteiger partial charge on any atom is -0.396 e. The number of hydrogen-bond acceptors (Lipinski definition) is 2. The molecule has 1 heterocycles. The third-order valence-corrected chi connectivity index (χ3v) is 3.26. The van der Waals surface area contributed by atoms with E-state index in [0.29, 0.717) is 12.5 Å². The smallest absolute Gasteiger partial charge is 0.0605 e. The first kappa shape index (κ1) is 12.4. The van der Waals surface area contributed by atoms with Gasteiger partial charge in [-0.25, -0.2) is 0 Å². The molecule has 0 radical (unpaired) electrons. The highest BCUT2D eigenvalue weighted by atomic mass is 35.5. The van der Waals surface area contributed by atoms with Crippen LogP contribution in [0.5, 0.6) is 0 Å².